The van der Waals surface area contributed by atoms with E-state index in [1.807, 2.05) is 30.3 Å². The molecule has 0 spiro atoms. The Morgan fingerprint density at radius 1 is 0.946 bits per heavy atom. The summed E-state index contributed by atoms with van der Waals surface area (Å²) >= 11 is 12.5. The number of hydrogen-bond donors (Lipinski definition) is 2. The molecule has 0 bridgehead atoms. The van der Waals surface area contributed by atoms with Gasteiger partial charge in [0.25, 0.3) is 5.91 Å². The van der Waals surface area contributed by atoms with Crippen molar-refractivity contribution in [2.75, 3.05) is 13.2 Å². The topological polar surface area (TPSA) is 84.9 Å². The molecule has 196 valence electrons. The smallest absolute Gasteiger partial charge is 0.347 e. The lowest BCUT2D eigenvalue weighted by atomic mass is 10.0. The molecule has 0 atom stereocenters. The summed E-state index contributed by atoms with van der Waals surface area (Å²) in [6, 6.07) is 18.2. The van der Waals surface area contributed by atoms with Crippen LogP contribution >= 0.6 is 23.2 Å². The molecule has 0 fully saturated rings. The number of amides is 1. The van der Waals surface area contributed by atoms with Gasteiger partial charge >= 0.3 is 5.97 Å². The number of hydrogen-bond acceptors (Lipinski definition) is 4. The van der Waals surface area contributed by atoms with Crippen molar-refractivity contribution in [2.24, 2.45) is 0 Å². The van der Waals surface area contributed by atoms with Crippen LogP contribution in [0.15, 0.2) is 60.7 Å². The molecule has 0 aliphatic carbocycles. The molecule has 0 aromatic heterocycles. The number of carbonyl (C=O) groups is 2. The van der Waals surface area contributed by atoms with Crippen LogP contribution in [0.4, 0.5) is 0 Å². The standard InChI is InChI=1S/C29H31Cl2NO5/c1-4-5-16-36-25-13-11-22(30)18-23(25)27(33)32-15-14-19-6-8-20(9-7-19)21-10-12-26(24(31)17-21)37-29(2,3)28(34)35/h6-13,17-18H,4-5,14-16H2,1-3H3,(H,32,33)(H,34,35). The highest BCUT2D eigenvalue weighted by Gasteiger charge is 2.30. The highest BCUT2D eigenvalue weighted by molar-refractivity contribution is 6.32. The number of carboxylic acid groups (broad SMARTS) is 1. The molecule has 1 amide bonds. The second-order valence-corrected chi connectivity index (χ2v) is 9.95. The molecule has 0 aliphatic rings. The summed E-state index contributed by atoms with van der Waals surface area (Å²) in [5.74, 6) is -0.466. The Morgan fingerprint density at radius 3 is 2.27 bits per heavy atom. The molecule has 3 aromatic carbocycles. The van der Waals surface area contributed by atoms with Crippen molar-refractivity contribution >= 4 is 35.1 Å². The van der Waals surface area contributed by atoms with E-state index in [-0.39, 0.29) is 5.91 Å². The zero-order valence-electron chi connectivity index (χ0n) is 21.1. The molecular formula is C29H31Cl2NO5. The molecule has 0 heterocycles. The summed E-state index contributed by atoms with van der Waals surface area (Å²) < 4.78 is 11.3. The van der Waals surface area contributed by atoms with Crippen LogP contribution < -0.4 is 14.8 Å². The van der Waals surface area contributed by atoms with Crippen LogP contribution in [0, 0.1) is 0 Å². The number of nitrogens with one attached hydrogen (secondary N) is 1. The van der Waals surface area contributed by atoms with Crippen LogP contribution in [0.2, 0.25) is 10.0 Å². The van der Waals surface area contributed by atoms with Gasteiger partial charge < -0.3 is 19.9 Å². The predicted octanol–water partition coefficient (Wildman–Crippen LogP) is 7.05. The number of carboxylic acids is 1. The van der Waals surface area contributed by atoms with E-state index in [2.05, 4.69) is 12.2 Å². The Bertz CT molecular complexity index is 1240. The quantitative estimate of drug-likeness (QED) is 0.239. The van der Waals surface area contributed by atoms with Crippen molar-refractivity contribution < 1.29 is 24.2 Å². The summed E-state index contributed by atoms with van der Waals surface area (Å²) in [6.07, 6.45) is 2.56. The molecule has 0 saturated carbocycles. The van der Waals surface area contributed by atoms with E-state index in [0.29, 0.717) is 46.7 Å². The summed E-state index contributed by atoms with van der Waals surface area (Å²) in [5, 5.41) is 13.0. The zero-order chi connectivity index (χ0) is 27.0. The van der Waals surface area contributed by atoms with Gasteiger partial charge in [-0.3, -0.25) is 4.79 Å². The minimum absolute atomic E-state index is 0.228. The average Bonchev–Trinajstić information content (AvgIpc) is 2.86. The Kier molecular flexibility index (Phi) is 9.84. The van der Waals surface area contributed by atoms with E-state index in [9.17, 15) is 14.7 Å². The van der Waals surface area contributed by atoms with Gasteiger partial charge in [-0.2, -0.15) is 0 Å². The van der Waals surface area contributed by atoms with Crippen LogP contribution in [0.1, 0.15) is 49.5 Å². The number of halogens is 2. The Balaban J connectivity index is 1.59. The first-order valence-electron chi connectivity index (χ1n) is 12.1. The third-order valence-corrected chi connectivity index (χ3v) is 6.27. The largest absolute Gasteiger partial charge is 0.493 e. The van der Waals surface area contributed by atoms with Gasteiger partial charge in [0.1, 0.15) is 11.5 Å². The van der Waals surface area contributed by atoms with Gasteiger partial charge in [0, 0.05) is 11.6 Å². The van der Waals surface area contributed by atoms with E-state index in [1.54, 1.807) is 30.3 Å². The van der Waals surface area contributed by atoms with Gasteiger partial charge in [0.2, 0.25) is 0 Å². The normalized spacial score (nSPS) is 11.2. The molecule has 2 N–H and O–H groups in total. The molecular weight excluding hydrogens is 513 g/mol. The fourth-order valence-corrected chi connectivity index (χ4v) is 3.88. The number of ether oxygens (including phenoxy) is 2. The number of rotatable bonds is 12. The Hall–Kier alpha value is -3.22. The lowest BCUT2D eigenvalue weighted by Crippen LogP contribution is -2.37. The van der Waals surface area contributed by atoms with E-state index in [4.69, 9.17) is 32.7 Å². The van der Waals surface area contributed by atoms with Crippen molar-refractivity contribution in [1.82, 2.24) is 5.32 Å². The summed E-state index contributed by atoms with van der Waals surface area (Å²) in [7, 11) is 0. The van der Waals surface area contributed by atoms with Gasteiger partial charge in [-0.05, 0) is 73.7 Å². The zero-order valence-corrected chi connectivity index (χ0v) is 22.7. The Morgan fingerprint density at radius 2 is 1.62 bits per heavy atom. The van der Waals surface area contributed by atoms with Crippen molar-refractivity contribution in [3.05, 3.63) is 81.8 Å². The number of aliphatic carboxylic acids is 1. The van der Waals surface area contributed by atoms with Crippen LogP contribution in [0.25, 0.3) is 11.1 Å². The van der Waals surface area contributed by atoms with Crippen molar-refractivity contribution in [2.45, 2.75) is 45.6 Å². The number of unbranched alkanes of at least 4 members (excludes halogenated alkanes) is 1. The lowest BCUT2D eigenvalue weighted by Gasteiger charge is -2.22. The second kappa shape index (κ2) is 12.8. The van der Waals surface area contributed by atoms with Crippen LogP contribution in [0.5, 0.6) is 11.5 Å². The summed E-state index contributed by atoms with van der Waals surface area (Å²) in [4.78, 5) is 24.1. The molecule has 6 nitrogen and oxygen atoms in total. The van der Waals surface area contributed by atoms with Crippen molar-refractivity contribution in [3.8, 4) is 22.6 Å². The monoisotopic (exact) mass is 543 g/mol. The van der Waals surface area contributed by atoms with Gasteiger partial charge in [0.05, 0.1) is 17.2 Å². The SMILES string of the molecule is CCCCOc1ccc(Cl)cc1C(=O)NCCc1ccc(-c2ccc(OC(C)(C)C(=O)O)c(Cl)c2)cc1. The van der Waals surface area contributed by atoms with Crippen molar-refractivity contribution in [3.63, 3.8) is 0 Å². The first-order valence-corrected chi connectivity index (χ1v) is 12.9. The average molecular weight is 544 g/mol. The molecule has 3 rings (SSSR count). The fraction of sp³-hybridized carbons (Fsp3) is 0.310. The minimum atomic E-state index is -1.39. The van der Waals surface area contributed by atoms with Crippen molar-refractivity contribution in [1.29, 1.82) is 0 Å². The Labute approximate surface area is 227 Å². The van der Waals surface area contributed by atoms with Crippen LogP contribution in [0.3, 0.4) is 0 Å². The minimum Gasteiger partial charge on any atom is -0.493 e. The van der Waals surface area contributed by atoms with Gasteiger partial charge in [0.15, 0.2) is 5.60 Å². The predicted molar refractivity (Wildman–Crippen MR) is 147 cm³/mol. The number of carbonyl (C=O) groups excluding carboxylic acids is 1. The third-order valence-electron chi connectivity index (χ3n) is 5.74. The number of benzene rings is 3. The maximum absolute atomic E-state index is 12.8. The molecule has 3 aromatic rings. The van der Waals surface area contributed by atoms with E-state index >= 15 is 0 Å². The molecule has 37 heavy (non-hydrogen) atoms. The summed E-state index contributed by atoms with van der Waals surface area (Å²) in [5.41, 5.74) is 1.92. The molecule has 0 aliphatic heterocycles. The first-order chi connectivity index (χ1) is 17.6. The maximum atomic E-state index is 12.8. The lowest BCUT2D eigenvalue weighted by molar-refractivity contribution is -0.152. The first kappa shape index (κ1) is 28.4. The van der Waals surface area contributed by atoms with Crippen LogP contribution in [-0.4, -0.2) is 35.7 Å². The van der Waals surface area contributed by atoms with Gasteiger partial charge in [-0.15, -0.1) is 0 Å². The van der Waals surface area contributed by atoms with Gasteiger partial charge in [-0.25, -0.2) is 4.79 Å². The van der Waals surface area contributed by atoms with Crippen LogP contribution in [-0.2, 0) is 11.2 Å². The van der Waals surface area contributed by atoms with Gasteiger partial charge in [-0.1, -0.05) is 66.9 Å². The third kappa shape index (κ3) is 7.88. The highest BCUT2D eigenvalue weighted by Crippen LogP contribution is 2.33. The fourth-order valence-electron chi connectivity index (χ4n) is 3.49. The molecule has 0 radical (unpaired) electrons. The second-order valence-electron chi connectivity index (χ2n) is 9.11. The van der Waals surface area contributed by atoms with E-state index < -0.39 is 11.6 Å². The van der Waals surface area contributed by atoms with E-state index in [1.165, 1.54) is 13.8 Å². The molecule has 0 unspecified atom stereocenters. The highest BCUT2D eigenvalue weighted by atomic mass is 35.5. The maximum Gasteiger partial charge on any atom is 0.347 e. The van der Waals surface area contributed by atoms with E-state index in [0.717, 1.165) is 29.5 Å². The summed E-state index contributed by atoms with van der Waals surface area (Å²) in [6.45, 7) is 6.02. The molecule has 8 heteroatoms. The molecule has 0 saturated heterocycles.